The molecular weight excluding hydrogens is 360 g/mol. The van der Waals surface area contributed by atoms with Crippen LogP contribution >= 0.6 is 0 Å². The van der Waals surface area contributed by atoms with Crippen LogP contribution in [0.3, 0.4) is 0 Å². The maximum Gasteiger partial charge on any atom is 0.231 e. The summed E-state index contributed by atoms with van der Waals surface area (Å²) in [5.41, 5.74) is 2.86. The van der Waals surface area contributed by atoms with Crippen LogP contribution in [0, 0.1) is 11.8 Å². The highest BCUT2D eigenvalue weighted by Gasteiger charge is 2.40. The summed E-state index contributed by atoms with van der Waals surface area (Å²) in [6.45, 7) is 5.82. The Morgan fingerprint density at radius 3 is 2.34 bits per heavy atom. The highest BCUT2D eigenvalue weighted by Crippen LogP contribution is 2.43. The van der Waals surface area contributed by atoms with Crippen LogP contribution in [0.5, 0.6) is 0 Å². The first-order valence-corrected chi connectivity index (χ1v) is 10.4. The molecule has 29 heavy (non-hydrogen) atoms. The van der Waals surface area contributed by atoms with Crippen molar-refractivity contribution < 1.29 is 9.59 Å². The van der Waals surface area contributed by atoms with Gasteiger partial charge in [0.2, 0.25) is 11.8 Å². The van der Waals surface area contributed by atoms with Gasteiger partial charge in [0.15, 0.2) is 0 Å². The fourth-order valence-corrected chi connectivity index (χ4v) is 4.82. The molecule has 4 nitrogen and oxygen atoms in total. The van der Waals surface area contributed by atoms with Crippen molar-refractivity contribution in [2.45, 2.75) is 45.7 Å². The molecule has 2 amide bonds. The molecule has 0 radical (unpaired) electrons. The number of carbonyl (C=O) groups is 2. The molecule has 0 saturated carbocycles. The molecule has 4 atom stereocenters. The second-order valence-electron chi connectivity index (χ2n) is 8.22. The first-order valence-electron chi connectivity index (χ1n) is 10.4. The molecule has 0 N–H and O–H groups in total. The highest BCUT2D eigenvalue weighted by atomic mass is 16.2. The zero-order chi connectivity index (χ0) is 20.5. The summed E-state index contributed by atoms with van der Waals surface area (Å²) < 4.78 is 0. The zero-order valence-electron chi connectivity index (χ0n) is 17.3. The summed E-state index contributed by atoms with van der Waals surface area (Å²) in [6.07, 6.45) is 5.77. The van der Waals surface area contributed by atoms with Gasteiger partial charge in [-0.05, 0) is 49.4 Å². The number of hydrogen-bond donors (Lipinski definition) is 0. The molecular formula is C25H28N2O2. The van der Waals surface area contributed by atoms with E-state index < -0.39 is 0 Å². The van der Waals surface area contributed by atoms with Gasteiger partial charge >= 0.3 is 0 Å². The Morgan fingerprint density at radius 1 is 1.00 bits per heavy atom. The number of anilines is 2. The summed E-state index contributed by atoms with van der Waals surface area (Å²) >= 11 is 0. The van der Waals surface area contributed by atoms with Crippen LogP contribution in [0.25, 0.3) is 0 Å². The summed E-state index contributed by atoms with van der Waals surface area (Å²) in [6, 6.07) is 17.8. The highest BCUT2D eigenvalue weighted by molar-refractivity contribution is 5.99. The van der Waals surface area contributed by atoms with Gasteiger partial charge in [-0.25, -0.2) is 0 Å². The Bertz CT molecular complexity index is 937. The lowest BCUT2D eigenvalue weighted by Gasteiger charge is -2.44. The molecule has 0 saturated heterocycles. The molecule has 0 bridgehead atoms. The van der Waals surface area contributed by atoms with Gasteiger partial charge in [-0.15, -0.1) is 0 Å². The van der Waals surface area contributed by atoms with E-state index in [1.165, 1.54) is 0 Å². The van der Waals surface area contributed by atoms with Gasteiger partial charge < -0.3 is 9.80 Å². The van der Waals surface area contributed by atoms with Crippen LogP contribution in [-0.2, 0) is 9.59 Å². The molecule has 2 aromatic carbocycles. The van der Waals surface area contributed by atoms with E-state index in [0.717, 1.165) is 23.4 Å². The third-order valence-electron chi connectivity index (χ3n) is 6.26. The normalized spacial score (nSPS) is 25.6. The Balaban J connectivity index is 1.75. The van der Waals surface area contributed by atoms with Crippen LogP contribution in [0.4, 0.5) is 11.4 Å². The number of rotatable bonds is 3. The molecule has 4 unspecified atom stereocenters. The van der Waals surface area contributed by atoms with Crippen LogP contribution in [0.1, 0.15) is 45.2 Å². The van der Waals surface area contributed by atoms with E-state index in [1.807, 2.05) is 58.3 Å². The Labute approximate surface area is 172 Å². The predicted molar refractivity (Wildman–Crippen MR) is 117 cm³/mol. The maximum absolute atomic E-state index is 13.5. The quantitative estimate of drug-likeness (QED) is 0.685. The average Bonchev–Trinajstić information content (AvgIpc) is 3.14. The number of fused-ring (bicyclic) bond motifs is 1. The molecule has 4 heteroatoms. The van der Waals surface area contributed by atoms with Crippen molar-refractivity contribution in [1.82, 2.24) is 0 Å². The van der Waals surface area contributed by atoms with E-state index in [4.69, 9.17) is 0 Å². The molecule has 1 heterocycles. The van der Waals surface area contributed by atoms with Gasteiger partial charge in [-0.1, -0.05) is 55.5 Å². The zero-order valence-corrected chi connectivity index (χ0v) is 17.3. The van der Waals surface area contributed by atoms with Crippen molar-refractivity contribution in [1.29, 1.82) is 0 Å². The smallest absolute Gasteiger partial charge is 0.231 e. The first-order chi connectivity index (χ1) is 14.0. The van der Waals surface area contributed by atoms with E-state index in [9.17, 15) is 9.59 Å². The molecule has 0 spiro atoms. The van der Waals surface area contributed by atoms with Crippen LogP contribution in [0.2, 0.25) is 0 Å². The largest absolute Gasteiger partial charge is 0.309 e. The maximum atomic E-state index is 13.5. The number of allylic oxidation sites excluding steroid dienone is 2. The molecule has 0 fully saturated rings. The Morgan fingerprint density at radius 2 is 1.69 bits per heavy atom. The summed E-state index contributed by atoms with van der Waals surface area (Å²) in [5.74, 6) is 0.462. The van der Waals surface area contributed by atoms with E-state index in [1.54, 1.807) is 6.92 Å². The Kier molecular flexibility index (Phi) is 5.27. The minimum Gasteiger partial charge on any atom is -0.309 e. The van der Waals surface area contributed by atoms with Gasteiger partial charge in [0.1, 0.15) is 0 Å². The van der Waals surface area contributed by atoms with Crippen LogP contribution in [0.15, 0.2) is 66.7 Å². The van der Waals surface area contributed by atoms with Gasteiger partial charge in [-0.2, -0.15) is 0 Å². The Hall–Kier alpha value is -2.88. The van der Waals surface area contributed by atoms with E-state index in [0.29, 0.717) is 6.42 Å². The summed E-state index contributed by atoms with van der Waals surface area (Å²) in [5, 5.41) is 0. The summed E-state index contributed by atoms with van der Waals surface area (Å²) in [7, 11) is 0. The van der Waals surface area contributed by atoms with E-state index >= 15 is 0 Å². The van der Waals surface area contributed by atoms with Crippen molar-refractivity contribution in [3.63, 3.8) is 0 Å². The van der Waals surface area contributed by atoms with Crippen molar-refractivity contribution in [3.05, 3.63) is 72.3 Å². The fraction of sp³-hybridized carbons (Fsp3) is 0.360. The van der Waals surface area contributed by atoms with Crippen LogP contribution < -0.4 is 9.80 Å². The predicted octanol–water partition coefficient (Wildman–Crippen LogP) is 5.12. The minimum atomic E-state index is -0.0933. The monoisotopic (exact) mass is 388 g/mol. The number of benzene rings is 2. The standard InChI is InChI=1S/C25H28N2O2/c1-17-10-9-14-21(17)25(29)26-18(2)16-24(22-13-7-8-15-23(22)26)27(19(3)28)20-11-5-4-6-12-20/h4-13,15,17-18,21,24H,14,16H2,1-3H3. The molecule has 150 valence electrons. The number of carbonyl (C=O) groups excluding carboxylic acids is 2. The van der Waals surface area contributed by atoms with Crippen molar-refractivity contribution in [3.8, 4) is 0 Å². The van der Waals surface area contributed by atoms with Gasteiger partial charge in [-0.3, -0.25) is 9.59 Å². The topological polar surface area (TPSA) is 40.6 Å². The average molecular weight is 389 g/mol. The van der Waals surface area contributed by atoms with E-state index in [-0.39, 0.29) is 35.7 Å². The van der Waals surface area contributed by atoms with Gasteiger partial charge in [0, 0.05) is 30.3 Å². The molecule has 2 aliphatic rings. The molecule has 0 aromatic heterocycles. The second kappa shape index (κ2) is 7.86. The van der Waals surface area contributed by atoms with Crippen molar-refractivity contribution in [2.75, 3.05) is 9.80 Å². The molecule has 2 aromatic rings. The number of nitrogens with zero attached hydrogens (tertiary/aromatic N) is 2. The summed E-state index contributed by atoms with van der Waals surface area (Å²) in [4.78, 5) is 30.0. The fourth-order valence-electron chi connectivity index (χ4n) is 4.82. The third kappa shape index (κ3) is 3.48. The van der Waals surface area contributed by atoms with E-state index in [2.05, 4.69) is 32.1 Å². The van der Waals surface area contributed by atoms with Crippen LogP contribution in [-0.4, -0.2) is 17.9 Å². The number of hydrogen-bond acceptors (Lipinski definition) is 2. The SMILES string of the molecule is CC(=O)N(c1ccccc1)C1CC(C)N(C(=O)C2CC=CC2C)c2ccccc21. The van der Waals surface area contributed by atoms with Crippen molar-refractivity contribution >= 4 is 23.2 Å². The lowest BCUT2D eigenvalue weighted by molar-refractivity contribution is -0.123. The second-order valence-corrected chi connectivity index (χ2v) is 8.22. The number of amides is 2. The number of para-hydroxylation sites is 2. The van der Waals surface area contributed by atoms with Gasteiger partial charge in [0.05, 0.1) is 6.04 Å². The molecule has 4 rings (SSSR count). The first kappa shape index (κ1) is 19.4. The molecule has 1 aliphatic heterocycles. The lowest BCUT2D eigenvalue weighted by atomic mass is 9.87. The third-order valence-corrected chi connectivity index (χ3v) is 6.26. The minimum absolute atomic E-state index is 0.0000830. The van der Waals surface area contributed by atoms with Gasteiger partial charge in [0.25, 0.3) is 0 Å². The molecule has 1 aliphatic carbocycles. The lowest BCUT2D eigenvalue weighted by Crippen LogP contribution is -2.49. The van der Waals surface area contributed by atoms with Crippen molar-refractivity contribution in [2.24, 2.45) is 11.8 Å².